The Labute approximate surface area is 410 Å². The molecule has 396 valence electrons. The molecule has 8 unspecified atom stereocenters. The van der Waals surface area contributed by atoms with E-state index >= 15 is 0 Å². The third kappa shape index (κ3) is 34.4. The van der Waals surface area contributed by atoms with Gasteiger partial charge in [-0.05, 0) is 25.7 Å². The summed E-state index contributed by atoms with van der Waals surface area (Å²) in [4.78, 5) is 26.4. The molecule has 1 aliphatic rings. The van der Waals surface area contributed by atoms with Gasteiger partial charge in [-0.1, -0.05) is 251 Å². The maximum Gasteiger partial charge on any atom is 0.306 e. The van der Waals surface area contributed by atoms with E-state index in [1.54, 1.807) is 6.08 Å². The average Bonchev–Trinajstić information content (AvgIpc) is 3.32. The summed E-state index contributed by atoms with van der Waals surface area (Å²) in [5.41, 5.74) is 0. The van der Waals surface area contributed by atoms with Gasteiger partial charge in [-0.15, -0.1) is 0 Å². The molecule has 11 heteroatoms. The highest BCUT2D eigenvalue weighted by Crippen LogP contribution is 2.26. The molecule has 0 spiro atoms. The Hall–Kier alpha value is -1.60. The van der Waals surface area contributed by atoms with E-state index in [0.717, 1.165) is 57.8 Å². The summed E-state index contributed by atoms with van der Waals surface area (Å²) < 4.78 is 17.6. The molecule has 8 atom stereocenters. The molecule has 6 N–H and O–H groups in total. The Morgan fingerprint density at radius 3 is 1.40 bits per heavy atom. The normalized spacial score (nSPS) is 20.0. The highest BCUT2D eigenvalue weighted by atomic mass is 16.7. The van der Waals surface area contributed by atoms with Crippen LogP contribution in [0.2, 0.25) is 0 Å². The molecule has 1 amide bonds. The van der Waals surface area contributed by atoms with Crippen molar-refractivity contribution in [3.05, 3.63) is 12.2 Å². The summed E-state index contributed by atoms with van der Waals surface area (Å²) in [6.45, 7) is 5.78. The smallest absolute Gasteiger partial charge is 0.306 e. The number of esters is 1. The molecule has 11 nitrogen and oxygen atoms in total. The first-order chi connectivity index (χ1) is 32.7. The van der Waals surface area contributed by atoms with Crippen LogP contribution in [-0.2, 0) is 23.8 Å². The number of carbonyl (C=O) groups is 2. The predicted molar refractivity (Wildman–Crippen MR) is 274 cm³/mol. The molecule has 1 fully saturated rings. The van der Waals surface area contributed by atoms with Crippen LogP contribution in [0, 0.1) is 0 Å². The quantitative estimate of drug-likeness (QED) is 0.0196. The maximum absolute atomic E-state index is 13.3. The summed E-state index contributed by atoms with van der Waals surface area (Å²) in [6, 6.07) is -1.01. The fourth-order valence-electron chi connectivity index (χ4n) is 9.12. The molecular weight excluding hydrogens is 847 g/mol. The van der Waals surface area contributed by atoms with Crippen LogP contribution in [0.15, 0.2) is 12.2 Å². The van der Waals surface area contributed by atoms with Crippen LogP contribution < -0.4 is 5.32 Å². The van der Waals surface area contributed by atoms with Crippen LogP contribution in [0.25, 0.3) is 0 Å². The van der Waals surface area contributed by atoms with E-state index < -0.39 is 67.4 Å². The summed E-state index contributed by atoms with van der Waals surface area (Å²) >= 11 is 0. The van der Waals surface area contributed by atoms with Gasteiger partial charge in [0.2, 0.25) is 5.91 Å². The van der Waals surface area contributed by atoms with E-state index in [9.17, 15) is 35.1 Å². The zero-order valence-electron chi connectivity index (χ0n) is 43.5. The number of ether oxygens (including phenoxy) is 3. The van der Waals surface area contributed by atoms with Crippen molar-refractivity contribution in [1.82, 2.24) is 5.32 Å². The molecule has 0 radical (unpaired) electrons. The molecule has 1 rings (SSSR count). The van der Waals surface area contributed by atoms with E-state index in [2.05, 4.69) is 26.1 Å². The lowest BCUT2D eigenvalue weighted by Gasteiger charge is -2.41. The van der Waals surface area contributed by atoms with Crippen LogP contribution in [0.4, 0.5) is 0 Å². The van der Waals surface area contributed by atoms with Gasteiger partial charge < -0.3 is 45.1 Å². The average molecular weight is 954 g/mol. The molecule has 1 saturated heterocycles. The van der Waals surface area contributed by atoms with Gasteiger partial charge in [-0.2, -0.15) is 0 Å². The maximum atomic E-state index is 13.3. The molecule has 67 heavy (non-hydrogen) atoms. The molecule has 1 heterocycles. The van der Waals surface area contributed by atoms with Gasteiger partial charge in [0.25, 0.3) is 0 Å². The van der Waals surface area contributed by atoms with E-state index in [4.69, 9.17) is 14.2 Å². The summed E-state index contributed by atoms with van der Waals surface area (Å²) in [7, 11) is 0. The van der Waals surface area contributed by atoms with Gasteiger partial charge in [0.15, 0.2) is 12.4 Å². The van der Waals surface area contributed by atoms with E-state index in [1.807, 2.05) is 6.08 Å². The van der Waals surface area contributed by atoms with Crippen molar-refractivity contribution in [2.75, 3.05) is 13.2 Å². The lowest BCUT2D eigenvalue weighted by molar-refractivity contribution is -0.305. The number of carbonyl (C=O) groups excluding carboxylic acids is 2. The second kappa shape index (κ2) is 45.5. The fourth-order valence-corrected chi connectivity index (χ4v) is 9.12. The molecule has 1 aliphatic heterocycles. The molecule has 0 bridgehead atoms. The van der Waals surface area contributed by atoms with Crippen molar-refractivity contribution in [1.29, 1.82) is 0 Å². The molecule has 0 saturated carbocycles. The molecule has 0 aromatic carbocycles. The lowest BCUT2D eigenvalue weighted by Crippen LogP contribution is -2.61. The lowest BCUT2D eigenvalue weighted by atomic mass is 9.99. The third-order valence-electron chi connectivity index (χ3n) is 13.7. The summed E-state index contributed by atoms with van der Waals surface area (Å²) in [5.74, 6) is -1.18. The highest BCUT2D eigenvalue weighted by molar-refractivity contribution is 5.80. The van der Waals surface area contributed by atoms with Crippen molar-refractivity contribution in [2.45, 2.75) is 320 Å². The number of aliphatic hydroxyl groups excluding tert-OH is 5. The number of hydrogen-bond acceptors (Lipinski definition) is 10. The third-order valence-corrected chi connectivity index (χ3v) is 13.7. The first kappa shape index (κ1) is 63.4. The predicted octanol–water partition coefficient (Wildman–Crippen LogP) is 12.4. The standard InChI is InChI=1S/C56H107NO10/c1-4-7-10-13-16-19-22-24-25-26-29-32-35-38-41-44-51(61)67-54-53(63)52(62)50(45-58)66-56(54)65-46-47(48(59)42-39-36-33-30-27-21-18-15-12-9-6-3)57-55(64)49(60)43-40-37-34-31-28-23-20-17-14-11-8-5-2/h39,42,47-50,52-54,56,58-60,62-63H,4-38,40-41,43-46H2,1-3H3,(H,57,64)/b42-39+. The van der Waals surface area contributed by atoms with Crippen molar-refractivity contribution in [2.24, 2.45) is 0 Å². The highest BCUT2D eigenvalue weighted by Gasteiger charge is 2.47. The van der Waals surface area contributed by atoms with E-state index in [1.165, 1.54) is 167 Å². The molecular formula is C56H107NO10. The van der Waals surface area contributed by atoms with Gasteiger partial charge >= 0.3 is 5.97 Å². The first-order valence-electron chi connectivity index (χ1n) is 28.5. The van der Waals surface area contributed by atoms with Crippen molar-refractivity contribution >= 4 is 11.9 Å². The number of hydrogen-bond donors (Lipinski definition) is 6. The van der Waals surface area contributed by atoms with Crippen LogP contribution in [-0.4, -0.2) is 99.6 Å². The number of rotatable bonds is 48. The molecule has 0 aromatic rings. The minimum Gasteiger partial charge on any atom is -0.454 e. The van der Waals surface area contributed by atoms with E-state index in [-0.39, 0.29) is 13.0 Å². The Balaban J connectivity index is 2.71. The van der Waals surface area contributed by atoms with Crippen LogP contribution in [0.5, 0.6) is 0 Å². The summed E-state index contributed by atoms with van der Waals surface area (Å²) in [5, 5.41) is 56.7. The first-order valence-corrected chi connectivity index (χ1v) is 28.5. The second-order valence-corrected chi connectivity index (χ2v) is 20.0. The zero-order valence-corrected chi connectivity index (χ0v) is 43.5. The molecule has 0 aliphatic carbocycles. The minimum atomic E-state index is -1.60. The van der Waals surface area contributed by atoms with Crippen molar-refractivity contribution < 1.29 is 49.3 Å². The van der Waals surface area contributed by atoms with Gasteiger partial charge in [0, 0.05) is 6.42 Å². The number of nitrogens with one attached hydrogen (secondary N) is 1. The fraction of sp³-hybridized carbons (Fsp3) is 0.929. The molecule has 0 aromatic heterocycles. The Morgan fingerprint density at radius 2 is 0.970 bits per heavy atom. The SMILES string of the molecule is CCCCCCCCCCC/C=C/C(O)C(COC1OC(CO)C(O)C(O)C1OC(=O)CCCCCCCCCCCCCCCCC)NC(=O)C(O)CCCCCCCCCCCCCC. The van der Waals surface area contributed by atoms with Crippen LogP contribution >= 0.6 is 0 Å². The van der Waals surface area contributed by atoms with Crippen LogP contribution in [0.3, 0.4) is 0 Å². The summed E-state index contributed by atoms with van der Waals surface area (Å²) in [6.07, 6.45) is 38.3. The van der Waals surface area contributed by atoms with Gasteiger partial charge in [-0.25, -0.2) is 0 Å². The van der Waals surface area contributed by atoms with Gasteiger partial charge in [-0.3, -0.25) is 9.59 Å². The van der Waals surface area contributed by atoms with Crippen LogP contribution in [0.1, 0.15) is 271 Å². The van der Waals surface area contributed by atoms with Crippen molar-refractivity contribution in [3.8, 4) is 0 Å². The minimum absolute atomic E-state index is 0.131. The topological polar surface area (TPSA) is 175 Å². The number of aliphatic hydroxyl groups is 5. The van der Waals surface area contributed by atoms with E-state index in [0.29, 0.717) is 19.3 Å². The second-order valence-electron chi connectivity index (χ2n) is 20.0. The van der Waals surface area contributed by atoms with Gasteiger partial charge in [0.05, 0.1) is 25.4 Å². The number of allylic oxidation sites excluding steroid dienone is 1. The number of amides is 1. The van der Waals surface area contributed by atoms with Crippen molar-refractivity contribution in [3.63, 3.8) is 0 Å². The van der Waals surface area contributed by atoms with Gasteiger partial charge in [0.1, 0.15) is 24.4 Å². The Kier molecular flexibility index (Phi) is 43.1. The largest absolute Gasteiger partial charge is 0.454 e. The Bertz CT molecular complexity index is 1140. The Morgan fingerprint density at radius 1 is 0.567 bits per heavy atom. The number of unbranched alkanes of at least 4 members (excludes halogenated alkanes) is 34. The monoisotopic (exact) mass is 954 g/mol. The zero-order chi connectivity index (χ0) is 49.0.